The second kappa shape index (κ2) is 8.97. The van der Waals surface area contributed by atoms with Gasteiger partial charge in [-0.2, -0.15) is 0 Å². The van der Waals surface area contributed by atoms with Crippen LogP contribution in [0, 0.1) is 0 Å². The minimum absolute atomic E-state index is 0.140. The molecule has 0 saturated heterocycles. The van der Waals surface area contributed by atoms with Crippen LogP contribution in [0.4, 0.5) is 0 Å². The van der Waals surface area contributed by atoms with Gasteiger partial charge in [-0.15, -0.1) is 0 Å². The molecule has 0 aromatic heterocycles. The summed E-state index contributed by atoms with van der Waals surface area (Å²) in [6.45, 7) is 3.86. The van der Waals surface area contributed by atoms with Crippen molar-refractivity contribution in [1.82, 2.24) is 0 Å². The van der Waals surface area contributed by atoms with Crippen LogP contribution in [-0.2, 0) is 9.53 Å². The average molecular weight is 336 g/mol. The van der Waals surface area contributed by atoms with E-state index in [0.717, 1.165) is 12.0 Å². The zero-order chi connectivity index (χ0) is 18.1. The molecule has 3 nitrogen and oxygen atoms in total. The first-order valence-electron chi connectivity index (χ1n) is 8.67. The van der Waals surface area contributed by atoms with Gasteiger partial charge in [-0.3, -0.25) is 4.79 Å². The normalized spacial score (nSPS) is 13.4. The maximum absolute atomic E-state index is 13.0. The molecule has 2 aromatic rings. The van der Waals surface area contributed by atoms with E-state index in [1.807, 2.05) is 62.4 Å². The molecule has 0 heterocycles. The summed E-state index contributed by atoms with van der Waals surface area (Å²) < 4.78 is 5.69. The van der Waals surface area contributed by atoms with Crippen LogP contribution >= 0.6 is 0 Å². The van der Waals surface area contributed by atoms with Gasteiger partial charge in [0, 0.05) is 11.6 Å². The van der Waals surface area contributed by atoms with Gasteiger partial charge >= 0.3 is 5.97 Å². The van der Waals surface area contributed by atoms with E-state index in [1.165, 1.54) is 6.08 Å². The number of esters is 1. The number of ether oxygens (including phenoxy) is 1. The van der Waals surface area contributed by atoms with Gasteiger partial charge in [-0.05, 0) is 24.5 Å². The number of hydrogen-bond donors (Lipinski definition) is 0. The summed E-state index contributed by atoms with van der Waals surface area (Å²) in [6.07, 6.45) is 4.78. The summed E-state index contributed by atoms with van der Waals surface area (Å²) in [5, 5.41) is 0. The largest absolute Gasteiger partial charge is 0.447 e. The Balaban J connectivity index is 2.20. The molecule has 0 aliphatic rings. The van der Waals surface area contributed by atoms with Crippen LogP contribution in [-0.4, -0.2) is 17.4 Å². The first-order chi connectivity index (χ1) is 12.1. The predicted octanol–water partition coefficient (Wildman–Crippen LogP) is 5.07. The third-order valence-corrected chi connectivity index (χ3v) is 4.18. The second-order valence-corrected chi connectivity index (χ2v) is 5.96. The number of rotatable bonds is 8. The Morgan fingerprint density at radius 2 is 1.56 bits per heavy atom. The first kappa shape index (κ1) is 18.7. The van der Waals surface area contributed by atoms with Crippen molar-refractivity contribution in [2.75, 3.05) is 0 Å². The van der Waals surface area contributed by atoms with E-state index in [-0.39, 0.29) is 5.78 Å². The van der Waals surface area contributed by atoms with Gasteiger partial charge in [-0.1, -0.05) is 80.9 Å². The van der Waals surface area contributed by atoms with E-state index in [9.17, 15) is 9.59 Å². The molecule has 0 saturated carbocycles. The summed E-state index contributed by atoms with van der Waals surface area (Å²) in [6, 6.07) is 18.5. The highest BCUT2D eigenvalue weighted by Gasteiger charge is 2.39. The van der Waals surface area contributed by atoms with Gasteiger partial charge in [0.1, 0.15) is 0 Å². The molecular formula is C22H24O3. The Morgan fingerprint density at radius 3 is 2.12 bits per heavy atom. The molecule has 2 aromatic carbocycles. The maximum atomic E-state index is 13.0. The quantitative estimate of drug-likeness (QED) is 0.384. The minimum atomic E-state index is -1.12. The van der Waals surface area contributed by atoms with Crippen LogP contribution in [0.3, 0.4) is 0 Å². The molecule has 0 amide bonds. The highest BCUT2D eigenvalue weighted by atomic mass is 16.6. The second-order valence-electron chi connectivity index (χ2n) is 5.96. The van der Waals surface area contributed by atoms with Gasteiger partial charge in [-0.25, -0.2) is 4.79 Å². The zero-order valence-corrected chi connectivity index (χ0v) is 14.8. The minimum Gasteiger partial charge on any atom is -0.447 e. The smallest absolute Gasteiger partial charge is 0.331 e. The molecule has 2 rings (SSSR count). The van der Waals surface area contributed by atoms with Crippen molar-refractivity contribution in [1.29, 1.82) is 0 Å². The van der Waals surface area contributed by atoms with E-state index in [0.29, 0.717) is 18.4 Å². The number of carbonyl (C=O) groups excluding carboxylic acids is 2. The van der Waals surface area contributed by atoms with Crippen LogP contribution in [0.1, 0.15) is 49.0 Å². The van der Waals surface area contributed by atoms with Crippen LogP contribution in [0.25, 0.3) is 6.08 Å². The van der Waals surface area contributed by atoms with Crippen LogP contribution in [0.15, 0.2) is 66.7 Å². The molecule has 130 valence electrons. The predicted molar refractivity (Wildman–Crippen MR) is 100 cm³/mol. The molecule has 0 fully saturated rings. The summed E-state index contributed by atoms with van der Waals surface area (Å²) in [5.41, 5.74) is 0.359. The maximum Gasteiger partial charge on any atom is 0.331 e. The lowest BCUT2D eigenvalue weighted by molar-refractivity contribution is -0.150. The molecule has 0 radical (unpaired) electrons. The van der Waals surface area contributed by atoms with Crippen molar-refractivity contribution < 1.29 is 14.3 Å². The lowest BCUT2D eigenvalue weighted by Gasteiger charge is -2.30. The van der Waals surface area contributed by atoms with E-state index >= 15 is 0 Å². The van der Waals surface area contributed by atoms with Crippen molar-refractivity contribution in [2.24, 2.45) is 0 Å². The molecule has 3 heteroatoms. The lowest BCUT2D eigenvalue weighted by Crippen LogP contribution is -2.42. The van der Waals surface area contributed by atoms with Crippen LogP contribution in [0.5, 0.6) is 0 Å². The van der Waals surface area contributed by atoms with Crippen molar-refractivity contribution in [2.45, 2.75) is 38.7 Å². The molecule has 0 bridgehead atoms. The van der Waals surface area contributed by atoms with Gasteiger partial charge in [0.05, 0.1) is 0 Å². The number of hydrogen-bond acceptors (Lipinski definition) is 3. The fraction of sp³-hybridized carbons (Fsp3) is 0.273. The van der Waals surface area contributed by atoms with Crippen molar-refractivity contribution in [3.8, 4) is 0 Å². The third kappa shape index (κ3) is 4.90. The first-order valence-corrected chi connectivity index (χ1v) is 8.67. The highest BCUT2D eigenvalue weighted by Crippen LogP contribution is 2.28. The van der Waals surface area contributed by atoms with Crippen molar-refractivity contribution >= 4 is 17.8 Å². The zero-order valence-electron chi connectivity index (χ0n) is 14.8. The molecule has 25 heavy (non-hydrogen) atoms. The topological polar surface area (TPSA) is 43.4 Å². The Labute approximate surface area is 149 Å². The molecule has 0 spiro atoms. The number of ketones is 1. The summed E-state index contributed by atoms with van der Waals surface area (Å²) in [7, 11) is 0. The number of Topliss-reactive ketones (excluding diaryl/α,β-unsaturated/α-hetero) is 1. The van der Waals surface area contributed by atoms with E-state index in [2.05, 4.69) is 0 Å². The Hall–Kier alpha value is -2.68. The molecule has 0 N–H and O–H groups in total. The van der Waals surface area contributed by atoms with Crippen molar-refractivity contribution in [3.63, 3.8) is 0 Å². The van der Waals surface area contributed by atoms with Gasteiger partial charge in [0.25, 0.3) is 0 Å². The standard InChI is InChI=1S/C22H24O3/c1-3-17-22(4-2,21(24)19-13-9-6-10-14-19)25-20(23)16-15-18-11-7-5-8-12-18/h5-16H,3-4,17H2,1-2H3/b16-15+. The molecule has 0 aliphatic carbocycles. The fourth-order valence-electron chi connectivity index (χ4n) is 2.83. The molecule has 0 aliphatic heterocycles. The Bertz CT molecular complexity index is 719. The van der Waals surface area contributed by atoms with E-state index in [4.69, 9.17) is 4.74 Å². The molecular weight excluding hydrogens is 312 g/mol. The van der Waals surface area contributed by atoms with E-state index in [1.54, 1.807) is 18.2 Å². The van der Waals surface area contributed by atoms with Gasteiger partial charge in [0.15, 0.2) is 5.60 Å². The summed E-state index contributed by atoms with van der Waals surface area (Å²) >= 11 is 0. The summed E-state index contributed by atoms with van der Waals surface area (Å²) in [4.78, 5) is 25.3. The van der Waals surface area contributed by atoms with Crippen LogP contribution < -0.4 is 0 Å². The molecule has 1 unspecified atom stereocenters. The Morgan fingerprint density at radius 1 is 0.960 bits per heavy atom. The third-order valence-electron chi connectivity index (χ3n) is 4.18. The number of carbonyl (C=O) groups is 2. The van der Waals surface area contributed by atoms with E-state index < -0.39 is 11.6 Å². The van der Waals surface area contributed by atoms with Crippen LogP contribution in [0.2, 0.25) is 0 Å². The monoisotopic (exact) mass is 336 g/mol. The number of benzene rings is 2. The van der Waals surface area contributed by atoms with Gasteiger partial charge in [0.2, 0.25) is 5.78 Å². The average Bonchev–Trinajstić information content (AvgIpc) is 2.67. The highest BCUT2D eigenvalue weighted by molar-refractivity contribution is 6.04. The summed E-state index contributed by atoms with van der Waals surface area (Å²) in [5.74, 6) is -0.637. The van der Waals surface area contributed by atoms with Crippen molar-refractivity contribution in [3.05, 3.63) is 77.9 Å². The molecule has 1 atom stereocenters. The lowest BCUT2D eigenvalue weighted by atomic mass is 9.86. The SMILES string of the molecule is CCCC(CC)(OC(=O)/C=C/c1ccccc1)C(=O)c1ccccc1. The Kier molecular flexibility index (Phi) is 6.70. The fourth-order valence-corrected chi connectivity index (χ4v) is 2.83. The van der Waals surface area contributed by atoms with Gasteiger partial charge < -0.3 is 4.74 Å².